The number of nitrogens with two attached hydrogens (primary N) is 1. The quantitative estimate of drug-likeness (QED) is 0.313. The molecule has 0 saturated heterocycles. The van der Waals surface area contributed by atoms with E-state index in [9.17, 15) is 4.79 Å². The molecule has 1 unspecified atom stereocenters. The second-order valence-electron chi connectivity index (χ2n) is 3.97. The van der Waals surface area contributed by atoms with E-state index in [1.807, 2.05) is 19.2 Å². The first-order valence-electron chi connectivity index (χ1n) is 5.74. The summed E-state index contributed by atoms with van der Waals surface area (Å²) in [7, 11) is 0. The number of aromatic nitrogens is 1. The van der Waals surface area contributed by atoms with E-state index in [-0.39, 0.29) is 11.7 Å². The first-order chi connectivity index (χ1) is 8.58. The second kappa shape index (κ2) is 6.95. The fourth-order valence-electron chi connectivity index (χ4n) is 1.54. The monoisotopic (exact) mass is 270 g/mol. The first-order valence-corrected chi connectivity index (χ1v) is 6.62. The van der Waals surface area contributed by atoms with Gasteiger partial charge in [0.15, 0.2) is 5.84 Å². The summed E-state index contributed by atoms with van der Waals surface area (Å²) in [5, 5.41) is 17.1. The number of carbonyl (C=O) groups excluding carboxylic acids is 1. The van der Waals surface area contributed by atoms with Gasteiger partial charge in [0.1, 0.15) is 5.01 Å². The Morgan fingerprint density at radius 3 is 2.94 bits per heavy atom. The van der Waals surface area contributed by atoms with E-state index < -0.39 is 5.92 Å². The van der Waals surface area contributed by atoms with Gasteiger partial charge in [-0.1, -0.05) is 18.5 Å². The molecule has 1 aromatic rings. The van der Waals surface area contributed by atoms with Gasteiger partial charge in [-0.05, 0) is 13.3 Å². The largest absolute Gasteiger partial charge is 0.409 e. The van der Waals surface area contributed by atoms with Crippen LogP contribution in [0.3, 0.4) is 0 Å². The Balaban J connectivity index is 2.56. The maximum Gasteiger partial charge on any atom is 0.231 e. The van der Waals surface area contributed by atoms with Crippen LogP contribution in [0.1, 0.15) is 30.5 Å². The summed E-state index contributed by atoms with van der Waals surface area (Å²) < 4.78 is 0. The molecule has 100 valence electrons. The zero-order chi connectivity index (χ0) is 13.5. The van der Waals surface area contributed by atoms with Crippen molar-refractivity contribution in [3.63, 3.8) is 0 Å². The van der Waals surface area contributed by atoms with Gasteiger partial charge < -0.3 is 16.3 Å². The molecule has 0 aliphatic heterocycles. The number of nitrogens with one attached hydrogen (secondary N) is 1. The van der Waals surface area contributed by atoms with E-state index in [0.717, 1.165) is 17.1 Å². The van der Waals surface area contributed by atoms with Crippen LogP contribution in [-0.4, -0.2) is 21.9 Å². The summed E-state index contributed by atoms with van der Waals surface area (Å²) in [4.78, 5) is 16.2. The molecule has 0 aliphatic carbocycles. The summed E-state index contributed by atoms with van der Waals surface area (Å²) in [6, 6.07) is 0. The lowest BCUT2D eigenvalue weighted by molar-refractivity contribution is -0.123. The van der Waals surface area contributed by atoms with Crippen molar-refractivity contribution in [1.82, 2.24) is 10.3 Å². The Kier molecular flexibility index (Phi) is 5.57. The van der Waals surface area contributed by atoms with Gasteiger partial charge in [-0.15, -0.1) is 11.3 Å². The molecule has 7 heteroatoms. The molecule has 6 nitrogen and oxygen atoms in total. The van der Waals surface area contributed by atoms with Crippen molar-refractivity contribution >= 4 is 23.1 Å². The number of aryl methyl sites for hydroxylation is 1. The van der Waals surface area contributed by atoms with Crippen molar-refractivity contribution in [3.8, 4) is 0 Å². The van der Waals surface area contributed by atoms with Gasteiger partial charge in [0.25, 0.3) is 0 Å². The van der Waals surface area contributed by atoms with E-state index in [4.69, 9.17) is 10.9 Å². The van der Waals surface area contributed by atoms with Crippen molar-refractivity contribution in [2.45, 2.75) is 33.2 Å². The standard InChI is InChI=1S/C11H18N4O2S/c1-3-4-8(10(12)15-17)11(16)13-5-9-14-7(2)6-18-9/h6,8,17H,3-5H2,1-2H3,(H2,12,15)(H,13,16). The summed E-state index contributed by atoms with van der Waals surface area (Å²) in [6.07, 6.45) is 1.34. The minimum Gasteiger partial charge on any atom is -0.409 e. The van der Waals surface area contributed by atoms with Gasteiger partial charge in [0, 0.05) is 11.1 Å². The van der Waals surface area contributed by atoms with Crippen LogP contribution in [0.15, 0.2) is 10.5 Å². The number of hydrogen-bond donors (Lipinski definition) is 3. The Hall–Kier alpha value is -1.63. The van der Waals surface area contributed by atoms with Crippen LogP contribution in [0.2, 0.25) is 0 Å². The highest BCUT2D eigenvalue weighted by Crippen LogP contribution is 2.10. The van der Waals surface area contributed by atoms with E-state index in [1.165, 1.54) is 11.3 Å². The molecule has 0 fully saturated rings. The molecular formula is C11H18N4O2S. The lowest BCUT2D eigenvalue weighted by Gasteiger charge is -2.13. The van der Waals surface area contributed by atoms with E-state index in [0.29, 0.717) is 13.0 Å². The zero-order valence-electron chi connectivity index (χ0n) is 10.5. The Labute approximate surface area is 110 Å². The van der Waals surface area contributed by atoms with Crippen molar-refractivity contribution in [2.24, 2.45) is 16.8 Å². The SMILES string of the molecule is CCCC(C(=O)NCc1nc(C)cs1)C(N)=NO. The van der Waals surface area contributed by atoms with Crippen LogP contribution in [0.5, 0.6) is 0 Å². The zero-order valence-corrected chi connectivity index (χ0v) is 11.3. The minimum absolute atomic E-state index is 0.0512. The van der Waals surface area contributed by atoms with Crippen molar-refractivity contribution in [2.75, 3.05) is 0 Å². The molecule has 0 spiro atoms. The van der Waals surface area contributed by atoms with Gasteiger partial charge in [-0.25, -0.2) is 4.98 Å². The van der Waals surface area contributed by atoms with Crippen molar-refractivity contribution < 1.29 is 10.0 Å². The first kappa shape index (κ1) is 14.4. The summed E-state index contributed by atoms with van der Waals surface area (Å²) in [6.45, 7) is 4.21. The molecular weight excluding hydrogens is 252 g/mol. The molecule has 0 radical (unpaired) electrons. The number of amides is 1. The third-order valence-electron chi connectivity index (χ3n) is 2.45. The summed E-state index contributed by atoms with van der Waals surface area (Å²) in [5.74, 6) is -0.870. The maximum atomic E-state index is 11.9. The molecule has 1 atom stereocenters. The van der Waals surface area contributed by atoms with E-state index in [2.05, 4.69) is 15.5 Å². The number of amidine groups is 1. The highest BCUT2D eigenvalue weighted by molar-refractivity contribution is 7.09. The van der Waals surface area contributed by atoms with Gasteiger partial charge in [0.2, 0.25) is 5.91 Å². The van der Waals surface area contributed by atoms with E-state index in [1.54, 1.807) is 0 Å². The predicted octanol–water partition coefficient (Wildman–Crippen LogP) is 1.23. The van der Waals surface area contributed by atoms with Gasteiger partial charge in [0.05, 0.1) is 12.5 Å². The summed E-state index contributed by atoms with van der Waals surface area (Å²) >= 11 is 1.49. The van der Waals surface area contributed by atoms with Crippen LogP contribution in [-0.2, 0) is 11.3 Å². The van der Waals surface area contributed by atoms with Crippen LogP contribution < -0.4 is 11.1 Å². The van der Waals surface area contributed by atoms with Crippen LogP contribution in [0.25, 0.3) is 0 Å². The topological polar surface area (TPSA) is 101 Å². The highest BCUT2D eigenvalue weighted by Gasteiger charge is 2.22. The average Bonchev–Trinajstić information content (AvgIpc) is 2.78. The van der Waals surface area contributed by atoms with Gasteiger partial charge in [-0.3, -0.25) is 4.79 Å². The molecule has 1 rings (SSSR count). The molecule has 18 heavy (non-hydrogen) atoms. The Morgan fingerprint density at radius 1 is 1.72 bits per heavy atom. The third-order valence-corrected chi connectivity index (χ3v) is 3.41. The van der Waals surface area contributed by atoms with Crippen molar-refractivity contribution in [1.29, 1.82) is 0 Å². The molecule has 0 bridgehead atoms. The predicted molar refractivity (Wildman–Crippen MR) is 70.5 cm³/mol. The fourth-order valence-corrected chi connectivity index (χ4v) is 2.25. The van der Waals surface area contributed by atoms with Crippen LogP contribution in [0.4, 0.5) is 0 Å². The number of carbonyl (C=O) groups is 1. The molecule has 1 aromatic heterocycles. The molecule has 0 aliphatic rings. The lowest BCUT2D eigenvalue weighted by atomic mass is 10.0. The highest BCUT2D eigenvalue weighted by atomic mass is 32.1. The number of nitrogens with zero attached hydrogens (tertiary/aromatic N) is 2. The van der Waals surface area contributed by atoms with Crippen LogP contribution >= 0.6 is 11.3 Å². The lowest BCUT2D eigenvalue weighted by Crippen LogP contribution is -2.38. The average molecular weight is 270 g/mol. The number of oxime groups is 1. The normalized spacial score (nSPS) is 13.3. The second-order valence-corrected chi connectivity index (χ2v) is 4.91. The summed E-state index contributed by atoms with van der Waals surface area (Å²) in [5.41, 5.74) is 6.44. The maximum absolute atomic E-state index is 11.9. The van der Waals surface area contributed by atoms with Crippen molar-refractivity contribution in [3.05, 3.63) is 16.1 Å². The van der Waals surface area contributed by atoms with E-state index >= 15 is 0 Å². The fraction of sp³-hybridized carbons (Fsp3) is 0.545. The molecule has 1 amide bonds. The molecule has 0 saturated carbocycles. The smallest absolute Gasteiger partial charge is 0.231 e. The number of thiazole rings is 1. The third kappa shape index (κ3) is 3.99. The molecule has 1 heterocycles. The van der Waals surface area contributed by atoms with Gasteiger partial charge in [-0.2, -0.15) is 0 Å². The minimum atomic E-state index is -0.582. The Morgan fingerprint density at radius 2 is 2.44 bits per heavy atom. The molecule has 4 N–H and O–H groups in total. The Bertz CT molecular complexity index is 430. The number of hydrogen-bond acceptors (Lipinski definition) is 5. The van der Waals surface area contributed by atoms with Gasteiger partial charge >= 0.3 is 0 Å². The number of rotatable bonds is 6. The molecule has 0 aromatic carbocycles. The van der Waals surface area contributed by atoms with Crippen LogP contribution in [0, 0.1) is 12.8 Å².